The predicted octanol–water partition coefficient (Wildman–Crippen LogP) is 3.20. The van der Waals surface area contributed by atoms with Crippen LogP contribution in [0.1, 0.15) is 18.5 Å². The molecule has 3 aliphatic rings. The zero-order chi connectivity index (χ0) is 23.9. The van der Waals surface area contributed by atoms with Crippen LogP contribution in [0.5, 0.6) is 5.75 Å². The topological polar surface area (TPSA) is 46.0 Å². The van der Waals surface area contributed by atoms with Crippen molar-refractivity contribution in [2.24, 2.45) is 0 Å². The highest BCUT2D eigenvalue weighted by molar-refractivity contribution is 5.47. The van der Waals surface area contributed by atoms with Gasteiger partial charge in [-0.3, -0.25) is 9.80 Å². The van der Waals surface area contributed by atoms with Crippen molar-refractivity contribution in [1.29, 1.82) is 0 Å². The number of benzene rings is 1. The summed E-state index contributed by atoms with van der Waals surface area (Å²) in [5.41, 5.74) is 0.797. The highest BCUT2D eigenvalue weighted by Crippen LogP contribution is 2.34. The Morgan fingerprint density at radius 2 is 1.68 bits per heavy atom. The Labute approximate surface area is 195 Å². The van der Waals surface area contributed by atoms with E-state index in [9.17, 15) is 13.2 Å². The minimum absolute atomic E-state index is 0.304. The number of nitrogens with zero attached hydrogens (tertiary/aromatic N) is 5. The van der Waals surface area contributed by atoms with Gasteiger partial charge in [-0.15, -0.1) is 18.3 Å². The standard InChI is InChI=1S/C23H29F4N5O2/c1-16-21(24)22(28-32(16)17-4-6-20(7-5-17)34-23(25,26)27)30-14-18-2-3-19(15-30)31(18)9-8-29-10-12-33-13-11-29/h4-7,18-19H,2-3,8-15H2,1H3. The lowest BCUT2D eigenvalue weighted by Gasteiger charge is -2.42. The van der Waals surface area contributed by atoms with Gasteiger partial charge in [0.25, 0.3) is 0 Å². The van der Waals surface area contributed by atoms with Crippen molar-refractivity contribution in [2.75, 3.05) is 57.4 Å². The first-order chi connectivity index (χ1) is 16.3. The van der Waals surface area contributed by atoms with Crippen LogP contribution in [0.4, 0.5) is 23.4 Å². The maximum Gasteiger partial charge on any atom is 0.573 e. The summed E-state index contributed by atoms with van der Waals surface area (Å²) in [6.45, 7) is 8.61. The molecule has 186 valence electrons. The van der Waals surface area contributed by atoms with Gasteiger partial charge in [0.1, 0.15) is 5.75 Å². The lowest BCUT2D eigenvalue weighted by atomic mass is 10.2. The molecule has 0 amide bonds. The number of aromatic nitrogens is 2. The number of halogens is 4. The van der Waals surface area contributed by atoms with E-state index < -0.39 is 12.2 Å². The molecule has 3 fully saturated rings. The summed E-state index contributed by atoms with van der Waals surface area (Å²) in [4.78, 5) is 7.02. The second kappa shape index (κ2) is 9.35. The van der Waals surface area contributed by atoms with E-state index in [1.807, 2.05) is 4.90 Å². The van der Waals surface area contributed by atoms with Crippen LogP contribution in [0.3, 0.4) is 0 Å². The molecule has 0 aliphatic carbocycles. The summed E-state index contributed by atoms with van der Waals surface area (Å²) in [7, 11) is 0. The van der Waals surface area contributed by atoms with Gasteiger partial charge in [0.15, 0.2) is 11.6 Å². The molecule has 5 rings (SSSR count). The quantitative estimate of drug-likeness (QED) is 0.589. The molecule has 3 saturated heterocycles. The van der Waals surface area contributed by atoms with Crippen LogP contribution in [0.25, 0.3) is 5.69 Å². The van der Waals surface area contributed by atoms with Gasteiger partial charge in [-0.2, -0.15) is 0 Å². The third-order valence-electron chi connectivity index (χ3n) is 7.05. The monoisotopic (exact) mass is 483 g/mol. The molecular weight excluding hydrogens is 454 g/mol. The maximum absolute atomic E-state index is 15.2. The molecule has 2 aromatic rings. The van der Waals surface area contributed by atoms with Crippen LogP contribution >= 0.6 is 0 Å². The SMILES string of the molecule is Cc1c(F)c(N2CC3CCC(C2)N3CCN2CCOCC2)nn1-c1ccc(OC(F)(F)F)cc1. The fraction of sp³-hybridized carbons (Fsp3) is 0.609. The van der Waals surface area contributed by atoms with Gasteiger partial charge in [0.2, 0.25) is 0 Å². The second-order valence-corrected chi connectivity index (χ2v) is 9.16. The number of hydrogen-bond donors (Lipinski definition) is 0. The van der Waals surface area contributed by atoms with Gasteiger partial charge >= 0.3 is 6.36 Å². The summed E-state index contributed by atoms with van der Waals surface area (Å²) in [5.74, 6) is -0.416. The first-order valence-electron chi connectivity index (χ1n) is 11.7. The molecule has 2 bridgehead atoms. The molecule has 2 atom stereocenters. The number of anilines is 1. The number of morpholine rings is 1. The summed E-state index contributed by atoms with van der Waals surface area (Å²) in [6, 6.07) is 6.02. The first-order valence-corrected chi connectivity index (χ1v) is 11.7. The molecule has 1 aromatic heterocycles. The van der Waals surface area contributed by atoms with E-state index in [1.165, 1.54) is 28.9 Å². The number of alkyl halides is 3. The van der Waals surface area contributed by atoms with Crippen molar-refractivity contribution >= 4 is 5.82 Å². The van der Waals surface area contributed by atoms with Crippen LogP contribution < -0.4 is 9.64 Å². The third kappa shape index (κ3) is 4.87. The Hall–Kier alpha value is -2.37. The van der Waals surface area contributed by atoms with E-state index in [2.05, 4.69) is 19.6 Å². The maximum atomic E-state index is 15.2. The van der Waals surface area contributed by atoms with Crippen LogP contribution in [0, 0.1) is 12.7 Å². The number of piperazine rings is 1. The Balaban J connectivity index is 1.27. The van der Waals surface area contributed by atoms with Crippen molar-refractivity contribution in [3.63, 3.8) is 0 Å². The highest BCUT2D eigenvalue weighted by atomic mass is 19.4. The summed E-state index contributed by atoms with van der Waals surface area (Å²) in [5, 5.41) is 4.51. The minimum atomic E-state index is -4.76. The van der Waals surface area contributed by atoms with Gasteiger partial charge in [0.05, 0.1) is 24.6 Å². The van der Waals surface area contributed by atoms with Gasteiger partial charge in [-0.05, 0) is 44.0 Å². The molecule has 0 radical (unpaired) electrons. The van der Waals surface area contributed by atoms with Crippen molar-refractivity contribution in [3.05, 3.63) is 35.8 Å². The average Bonchev–Trinajstić information content (AvgIpc) is 3.23. The third-order valence-corrected chi connectivity index (χ3v) is 7.05. The van der Waals surface area contributed by atoms with E-state index in [0.717, 1.165) is 52.2 Å². The van der Waals surface area contributed by atoms with Crippen molar-refractivity contribution in [3.8, 4) is 11.4 Å². The van der Waals surface area contributed by atoms with Gasteiger partial charge < -0.3 is 14.4 Å². The Bertz CT molecular complexity index is 976. The van der Waals surface area contributed by atoms with Gasteiger partial charge in [0, 0.05) is 51.4 Å². The lowest BCUT2D eigenvalue weighted by Crippen LogP contribution is -2.56. The Kier molecular flexibility index (Phi) is 6.43. The Morgan fingerprint density at radius 1 is 1.03 bits per heavy atom. The van der Waals surface area contributed by atoms with E-state index in [0.29, 0.717) is 42.4 Å². The van der Waals surface area contributed by atoms with Gasteiger partial charge in [-0.25, -0.2) is 9.07 Å². The average molecular weight is 484 g/mol. The smallest absolute Gasteiger partial charge is 0.406 e. The van der Waals surface area contributed by atoms with Crippen LogP contribution in [-0.4, -0.2) is 90.5 Å². The summed E-state index contributed by atoms with van der Waals surface area (Å²) >= 11 is 0. The largest absolute Gasteiger partial charge is 0.573 e. The summed E-state index contributed by atoms with van der Waals surface area (Å²) in [6.07, 6.45) is -2.58. The van der Waals surface area contributed by atoms with Crippen LogP contribution in [-0.2, 0) is 4.74 Å². The minimum Gasteiger partial charge on any atom is -0.406 e. The molecule has 2 unspecified atom stereocenters. The number of fused-ring (bicyclic) bond motifs is 2. The van der Waals surface area contributed by atoms with Crippen molar-refractivity contribution in [1.82, 2.24) is 19.6 Å². The first kappa shape index (κ1) is 23.4. The number of rotatable bonds is 6. The number of ether oxygens (including phenoxy) is 2. The fourth-order valence-electron chi connectivity index (χ4n) is 5.32. The lowest BCUT2D eigenvalue weighted by molar-refractivity contribution is -0.274. The number of hydrogen-bond acceptors (Lipinski definition) is 6. The van der Waals surface area contributed by atoms with Gasteiger partial charge in [-0.1, -0.05) is 0 Å². The molecule has 34 heavy (non-hydrogen) atoms. The van der Waals surface area contributed by atoms with E-state index >= 15 is 4.39 Å². The molecular formula is C23H29F4N5O2. The van der Waals surface area contributed by atoms with Crippen molar-refractivity contribution < 1.29 is 27.0 Å². The molecule has 7 nitrogen and oxygen atoms in total. The molecule has 0 saturated carbocycles. The molecule has 0 spiro atoms. The normalized spacial score (nSPS) is 24.1. The molecule has 11 heteroatoms. The molecule has 0 N–H and O–H groups in total. The fourth-order valence-corrected chi connectivity index (χ4v) is 5.32. The summed E-state index contributed by atoms with van der Waals surface area (Å²) < 4.78 is 63.3. The van der Waals surface area contributed by atoms with Crippen molar-refractivity contribution in [2.45, 2.75) is 38.2 Å². The second-order valence-electron chi connectivity index (χ2n) is 9.16. The van der Waals surface area contributed by atoms with Crippen LogP contribution in [0.15, 0.2) is 24.3 Å². The van der Waals surface area contributed by atoms with E-state index in [1.54, 1.807) is 6.92 Å². The molecule has 4 heterocycles. The molecule has 1 aromatic carbocycles. The Morgan fingerprint density at radius 3 is 2.29 bits per heavy atom. The van der Waals surface area contributed by atoms with Crippen LogP contribution in [0.2, 0.25) is 0 Å². The molecule has 3 aliphatic heterocycles. The zero-order valence-corrected chi connectivity index (χ0v) is 19.1. The zero-order valence-electron chi connectivity index (χ0n) is 19.1. The van der Waals surface area contributed by atoms with E-state index in [4.69, 9.17) is 4.74 Å². The predicted molar refractivity (Wildman–Crippen MR) is 118 cm³/mol. The highest BCUT2D eigenvalue weighted by Gasteiger charge is 2.41. The van der Waals surface area contributed by atoms with E-state index in [-0.39, 0.29) is 5.75 Å².